The number of likely N-dealkylation sites (tertiary alicyclic amines) is 2. The topological polar surface area (TPSA) is 30.0 Å². The van der Waals surface area contributed by atoms with E-state index >= 15 is 0 Å². The van der Waals surface area contributed by atoms with Crippen LogP contribution in [0.15, 0.2) is 24.3 Å². The highest BCUT2D eigenvalue weighted by molar-refractivity contribution is 5.76. The van der Waals surface area contributed by atoms with Gasteiger partial charge in [-0.3, -0.25) is 9.69 Å². The number of carbonyl (C=O) groups excluding carboxylic acids is 1. The zero-order valence-electron chi connectivity index (χ0n) is 17.6. The average Bonchev–Trinajstić information content (AvgIpc) is 3.20. The highest BCUT2D eigenvalue weighted by atomic mass is 19.1. The lowest BCUT2D eigenvalue weighted by molar-refractivity contribution is -0.131. The summed E-state index contributed by atoms with van der Waals surface area (Å²) in [6.45, 7) is 8.88. The summed E-state index contributed by atoms with van der Waals surface area (Å²) in [4.78, 5) is 22.2. The van der Waals surface area contributed by atoms with Gasteiger partial charge in [0.1, 0.15) is 5.82 Å². The number of anilines is 1. The first-order valence-corrected chi connectivity index (χ1v) is 11.4. The molecule has 0 radical (unpaired) electrons. The van der Waals surface area contributed by atoms with Crippen molar-refractivity contribution in [2.45, 2.75) is 44.6 Å². The Balaban J connectivity index is 1.20. The molecular formula is C23H35FN4O. The third kappa shape index (κ3) is 5.48. The van der Waals surface area contributed by atoms with Crippen LogP contribution in [-0.4, -0.2) is 85.6 Å². The molecule has 3 fully saturated rings. The molecule has 29 heavy (non-hydrogen) atoms. The van der Waals surface area contributed by atoms with Crippen LogP contribution < -0.4 is 4.90 Å². The monoisotopic (exact) mass is 402 g/mol. The van der Waals surface area contributed by atoms with Crippen LogP contribution in [0.25, 0.3) is 0 Å². The zero-order chi connectivity index (χ0) is 20.1. The van der Waals surface area contributed by atoms with Crippen molar-refractivity contribution in [1.29, 1.82) is 0 Å². The Morgan fingerprint density at radius 1 is 0.897 bits per heavy atom. The Hall–Kier alpha value is -1.66. The number of amides is 1. The van der Waals surface area contributed by atoms with Gasteiger partial charge >= 0.3 is 0 Å². The SMILES string of the molecule is O=C(CCN1CCCC1CN1CCCCC1)N1CCN(c2ccc(F)cc2)CC1. The fraction of sp³-hybridized carbons (Fsp3) is 0.696. The van der Waals surface area contributed by atoms with Gasteiger partial charge in [0, 0.05) is 57.4 Å². The van der Waals surface area contributed by atoms with Gasteiger partial charge in [-0.1, -0.05) is 6.42 Å². The molecule has 3 heterocycles. The second-order valence-corrected chi connectivity index (χ2v) is 8.79. The second-order valence-electron chi connectivity index (χ2n) is 8.79. The minimum absolute atomic E-state index is 0.205. The lowest BCUT2D eigenvalue weighted by Crippen LogP contribution is -2.49. The van der Waals surface area contributed by atoms with E-state index in [0.717, 1.165) is 45.0 Å². The number of piperazine rings is 1. The molecule has 0 bridgehead atoms. The molecule has 1 atom stereocenters. The lowest BCUT2D eigenvalue weighted by atomic mass is 10.1. The number of hydrogen-bond acceptors (Lipinski definition) is 4. The van der Waals surface area contributed by atoms with E-state index in [-0.39, 0.29) is 11.7 Å². The van der Waals surface area contributed by atoms with Gasteiger partial charge in [-0.2, -0.15) is 0 Å². The van der Waals surface area contributed by atoms with Crippen LogP contribution in [0.5, 0.6) is 0 Å². The Labute approximate surface area is 174 Å². The van der Waals surface area contributed by atoms with Crippen molar-refractivity contribution in [3.05, 3.63) is 30.1 Å². The normalized spacial score (nSPS) is 24.2. The van der Waals surface area contributed by atoms with Crippen molar-refractivity contribution in [3.63, 3.8) is 0 Å². The second kappa shape index (κ2) is 9.90. The molecule has 1 amide bonds. The van der Waals surface area contributed by atoms with Crippen molar-refractivity contribution in [2.24, 2.45) is 0 Å². The molecule has 0 spiro atoms. The molecule has 3 aliphatic heterocycles. The maximum atomic E-state index is 13.1. The van der Waals surface area contributed by atoms with Crippen LogP contribution in [0.1, 0.15) is 38.5 Å². The van der Waals surface area contributed by atoms with Crippen molar-refractivity contribution in [3.8, 4) is 0 Å². The highest BCUT2D eigenvalue weighted by Crippen LogP contribution is 2.21. The fourth-order valence-electron chi connectivity index (χ4n) is 5.10. The number of benzene rings is 1. The van der Waals surface area contributed by atoms with Crippen molar-refractivity contribution >= 4 is 11.6 Å². The predicted molar refractivity (Wildman–Crippen MR) is 115 cm³/mol. The molecule has 5 nitrogen and oxygen atoms in total. The Bertz CT molecular complexity index is 653. The molecular weight excluding hydrogens is 367 g/mol. The number of hydrogen-bond donors (Lipinski definition) is 0. The van der Waals surface area contributed by atoms with Gasteiger partial charge in [0.05, 0.1) is 0 Å². The molecule has 0 aliphatic carbocycles. The van der Waals surface area contributed by atoms with E-state index in [1.54, 1.807) is 0 Å². The van der Waals surface area contributed by atoms with E-state index in [9.17, 15) is 9.18 Å². The fourth-order valence-corrected chi connectivity index (χ4v) is 5.10. The molecule has 1 unspecified atom stereocenters. The zero-order valence-corrected chi connectivity index (χ0v) is 17.6. The minimum Gasteiger partial charge on any atom is -0.368 e. The molecule has 3 saturated heterocycles. The summed E-state index contributed by atoms with van der Waals surface area (Å²) in [6, 6.07) is 7.29. The number of carbonyl (C=O) groups is 1. The smallest absolute Gasteiger partial charge is 0.223 e. The van der Waals surface area contributed by atoms with Crippen molar-refractivity contribution in [1.82, 2.24) is 14.7 Å². The third-order valence-corrected chi connectivity index (χ3v) is 6.85. The van der Waals surface area contributed by atoms with Crippen LogP contribution in [0.2, 0.25) is 0 Å². The van der Waals surface area contributed by atoms with E-state index < -0.39 is 0 Å². The summed E-state index contributed by atoms with van der Waals surface area (Å²) in [7, 11) is 0. The van der Waals surface area contributed by atoms with Crippen LogP contribution in [0.3, 0.4) is 0 Å². The minimum atomic E-state index is -0.205. The first-order chi connectivity index (χ1) is 14.2. The molecule has 160 valence electrons. The summed E-state index contributed by atoms with van der Waals surface area (Å²) < 4.78 is 13.1. The van der Waals surface area contributed by atoms with E-state index in [1.165, 1.54) is 63.9 Å². The Morgan fingerprint density at radius 3 is 2.34 bits per heavy atom. The van der Waals surface area contributed by atoms with Gasteiger partial charge in [-0.15, -0.1) is 0 Å². The molecule has 6 heteroatoms. The largest absolute Gasteiger partial charge is 0.368 e. The predicted octanol–water partition coefficient (Wildman–Crippen LogP) is 2.81. The first-order valence-electron chi connectivity index (χ1n) is 11.4. The maximum absolute atomic E-state index is 13.1. The van der Waals surface area contributed by atoms with Crippen molar-refractivity contribution in [2.75, 3.05) is 63.8 Å². The van der Waals surface area contributed by atoms with Gasteiger partial charge in [0.2, 0.25) is 5.91 Å². The number of piperidine rings is 1. The van der Waals surface area contributed by atoms with E-state index in [1.807, 2.05) is 17.0 Å². The van der Waals surface area contributed by atoms with Crippen LogP contribution >= 0.6 is 0 Å². The number of halogens is 1. The number of rotatable bonds is 6. The van der Waals surface area contributed by atoms with Crippen molar-refractivity contribution < 1.29 is 9.18 Å². The van der Waals surface area contributed by atoms with Crippen LogP contribution in [0, 0.1) is 5.82 Å². The summed E-state index contributed by atoms with van der Waals surface area (Å²) >= 11 is 0. The standard InChI is InChI=1S/C23H35FN4O/c24-20-6-8-21(9-7-20)27-15-17-28(18-16-27)23(29)10-14-26-13-4-5-22(26)19-25-11-2-1-3-12-25/h6-9,22H,1-5,10-19H2. The van der Waals surface area contributed by atoms with Gasteiger partial charge in [-0.25, -0.2) is 4.39 Å². The molecule has 0 aromatic heterocycles. The van der Waals surface area contributed by atoms with Gasteiger partial charge in [-0.05, 0) is 69.6 Å². The molecule has 1 aromatic rings. The maximum Gasteiger partial charge on any atom is 0.223 e. The van der Waals surface area contributed by atoms with Crippen LogP contribution in [-0.2, 0) is 4.79 Å². The first kappa shape index (κ1) is 20.6. The highest BCUT2D eigenvalue weighted by Gasteiger charge is 2.28. The number of nitrogens with zero attached hydrogens (tertiary/aromatic N) is 4. The summed E-state index contributed by atoms with van der Waals surface area (Å²) in [5.41, 5.74) is 1.04. The quantitative estimate of drug-likeness (QED) is 0.732. The summed E-state index contributed by atoms with van der Waals surface area (Å²) in [5, 5.41) is 0. The molecule has 3 aliphatic rings. The molecule has 0 N–H and O–H groups in total. The Morgan fingerprint density at radius 2 is 1.62 bits per heavy atom. The van der Waals surface area contributed by atoms with Gasteiger partial charge in [0.15, 0.2) is 0 Å². The molecule has 0 saturated carbocycles. The lowest BCUT2D eigenvalue weighted by Gasteiger charge is -2.37. The average molecular weight is 403 g/mol. The van der Waals surface area contributed by atoms with E-state index in [0.29, 0.717) is 12.5 Å². The summed E-state index contributed by atoms with van der Waals surface area (Å²) in [6.07, 6.45) is 7.25. The molecule has 4 rings (SSSR count). The Kier molecular flexibility index (Phi) is 7.03. The van der Waals surface area contributed by atoms with Gasteiger partial charge < -0.3 is 14.7 Å². The van der Waals surface area contributed by atoms with Crippen LogP contribution in [0.4, 0.5) is 10.1 Å². The molecule has 1 aromatic carbocycles. The van der Waals surface area contributed by atoms with E-state index in [4.69, 9.17) is 0 Å². The van der Waals surface area contributed by atoms with E-state index in [2.05, 4.69) is 14.7 Å². The van der Waals surface area contributed by atoms with Gasteiger partial charge in [0.25, 0.3) is 0 Å². The third-order valence-electron chi connectivity index (χ3n) is 6.85. The summed E-state index contributed by atoms with van der Waals surface area (Å²) in [5.74, 6) is 0.0791.